The average Bonchev–Trinajstić information content (AvgIpc) is 3.00. The van der Waals surface area contributed by atoms with Crippen molar-refractivity contribution >= 4 is 5.91 Å². The second kappa shape index (κ2) is 6.32. The van der Waals surface area contributed by atoms with Gasteiger partial charge in [-0.05, 0) is 49.9 Å². The molecule has 116 valence electrons. The molecule has 0 bridgehead atoms. The third kappa shape index (κ3) is 3.20. The number of benzene rings is 1. The maximum absolute atomic E-state index is 13.7. The number of rotatable bonds is 3. The zero-order valence-corrected chi connectivity index (χ0v) is 12.2. The van der Waals surface area contributed by atoms with Gasteiger partial charge in [-0.1, -0.05) is 12.1 Å². The van der Waals surface area contributed by atoms with Gasteiger partial charge in [-0.3, -0.25) is 4.79 Å². The minimum absolute atomic E-state index is 0.134. The molecule has 1 aliphatic carbocycles. The van der Waals surface area contributed by atoms with Crippen LogP contribution in [0.4, 0.5) is 4.39 Å². The lowest BCUT2D eigenvalue weighted by molar-refractivity contribution is 0.0898. The average molecular weight is 302 g/mol. The second-order valence-corrected chi connectivity index (χ2v) is 5.73. The van der Waals surface area contributed by atoms with E-state index in [4.69, 9.17) is 10.2 Å². The van der Waals surface area contributed by atoms with Crippen LogP contribution in [0.25, 0.3) is 11.3 Å². The van der Waals surface area contributed by atoms with Gasteiger partial charge in [-0.2, -0.15) is 0 Å². The summed E-state index contributed by atoms with van der Waals surface area (Å²) in [7, 11) is 0. The van der Waals surface area contributed by atoms with Gasteiger partial charge in [0, 0.05) is 12.1 Å². The summed E-state index contributed by atoms with van der Waals surface area (Å²) in [6, 6.07) is 9.89. The van der Waals surface area contributed by atoms with Gasteiger partial charge >= 0.3 is 0 Å². The first-order chi connectivity index (χ1) is 10.6. The number of halogens is 1. The molecule has 5 heteroatoms. The number of nitrogens with two attached hydrogens (primary N) is 1. The summed E-state index contributed by atoms with van der Waals surface area (Å²) < 4.78 is 19.2. The van der Waals surface area contributed by atoms with E-state index in [1.165, 1.54) is 6.07 Å². The van der Waals surface area contributed by atoms with Crippen LogP contribution in [0, 0.1) is 5.82 Å². The lowest BCUT2D eigenvalue weighted by Crippen LogP contribution is -2.40. The zero-order chi connectivity index (χ0) is 15.5. The molecule has 0 spiro atoms. The summed E-state index contributed by atoms with van der Waals surface area (Å²) in [6.07, 6.45) is 3.61. The molecule has 2 aromatic rings. The Morgan fingerprint density at radius 1 is 1.14 bits per heavy atom. The normalized spacial score (nSPS) is 21.5. The molecule has 1 heterocycles. The number of hydrogen-bond donors (Lipinski definition) is 2. The lowest BCUT2D eigenvalue weighted by Gasteiger charge is -2.26. The van der Waals surface area contributed by atoms with Crippen LogP contribution in [0.2, 0.25) is 0 Å². The van der Waals surface area contributed by atoms with E-state index >= 15 is 0 Å². The predicted molar refractivity (Wildman–Crippen MR) is 81.8 cm³/mol. The molecule has 1 amide bonds. The molecule has 1 aromatic carbocycles. The third-order valence-corrected chi connectivity index (χ3v) is 4.08. The molecule has 22 heavy (non-hydrogen) atoms. The Hall–Kier alpha value is -2.14. The van der Waals surface area contributed by atoms with Gasteiger partial charge in [0.05, 0.1) is 5.56 Å². The second-order valence-electron chi connectivity index (χ2n) is 5.73. The summed E-state index contributed by atoms with van der Waals surface area (Å²) >= 11 is 0. The van der Waals surface area contributed by atoms with Crippen LogP contribution in [0.1, 0.15) is 36.2 Å². The molecule has 1 aliphatic rings. The van der Waals surface area contributed by atoms with Crippen LogP contribution in [0.15, 0.2) is 40.8 Å². The first kappa shape index (κ1) is 14.8. The van der Waals surface area contributed by atoms with Gasteiger partial charge in [0.1, 0.15) is 11.6 Å². The number of carbonyl (C=O) groups is 1. The Kier molecular flexibility index (Phi) is 4.24. The maximum atomic E-state index is 13.7. The van der Waals surface area contributed by atoms with Crippen LogP contribution >= 0.6 is 0 Å². The van der Waals surface area contributed by atoms with E-state index in [2.05, 4.69) is 5.32 Å². The van der Waals surface area contributed by atoms with Gasteiger partial charge in [-0.15, -0.1) is 0 Å². The van der Waals surface area contributed by atoms with Crippen molar-refractivity contribution in [1.29, 1.82) is 0 Å². The molecule has 0 aliphatic heterocycles. The van der Waals surface area contributed by atoms with E-state index in [9.17, 15) is 9.18 Å². The summed E-state index contributed by atoms with van der Waals surface area (Å²) in [5.41, 5.74) is 6.21. The van der Waals surface area contributed by atoms with Crippen molar-refractivity contribution in [1.82, 2.24) is 5.32 Å². The highest BCUT2D eigenvalue weighted by Gasteiger charge is 2.22. The van der Waals surface area contributed by atoms with E-state index in [0.717, 1.165) is 25.7 Å². The minimum Gasteiger partial charge on any atom is -0.451 e. The van der Waals surface area contributed by atoms with Gasteiger partial charge in [0.15, 0.2) is 5.76 Å². The van der Waals surface area contributed by atoms with Crippen molar-refractivity contribution in [2.45, 2.75) is 37.8 Å². The van der Waals surface area contributed by atoms with E-state index in [1.54, 1.807) is 30.3 Å². The number of furan rings is 1. The Bertz CT molecular complexity index is 660. The molecular weight excluding hydrogens is 283 g/mol. The fraction of sp³-hybridized carbons (Fsp3) is 0.353. The Morgan fingerprint density at radius 3 is 2.59 bits per heavy atom. The van der Waals surface area contributed by atoms with Crippen molar-refractivity contribution in [2.75, 3.05) is 0 Å². The van der Waals surface area contributed by atoms with E-state index in [-0.39, 0.29) is 29.6 Å². The number of hydrogen-bond acceptors (Lipinski definition) is 3. The molecule has 0 radical (unpaired) electrons. The van der Waals surface area contributed by atoms with Crippen molar-refractivity contribution in [2.24, 2.45) is 5.73 Å². The van der Waals surface area contributed by atoms with Crippen LogP contribution in [0.3, 0.4) is 0 Å². The molecule has 0 unspecified atom stereocenters. The Labute approximate surface area is 128 Å². The topological polar surface area (TPSA) is 68.3 Å². The largest absolute Gasteiger partial charge is 0.451 e. The molecule has 4 nitrogen and oxygen atoms in total. The van der Waals surface area contributed by atoms with Crippen LogP contribution in [-0.2, 0) is 0 Å². The molecule has 1 fully saturated rings. The Balaban J connectivity index is 1.68. The SMILES string of the molecule is NC1CCC(NC(=O)c2ccc(-c3ccccc3F)o2)CC1. The fourth-order valence-corrected chi connectivity index (χ4v) is 2.79. The summed E-state index contributed by atoms with van der Waals surface area (Å²) in [6.45, 7) is 0. The summed E-state index contributed by atoms with van der Waals surface area (Å²) in [4.78, 5) is 12.2. The van der Waals surface area contributed by atoms with Gasteiger partial charge in [0.2, 0.25) is 0 Å². The number of nitrogens with one attached hydrogen (secondary N) is 1. The van der Waals surface area contributed by atoms with Crippen molar-refractivity contribution in [3.8, 4) is 11.3 Å². The quantitative estimate of drug-likeness (QED) is 0.915. The van der Waals surface area contributed by atoms with E-state index in [0.29, 0.717) is 11.3 Å². The van der Waals surface area contributed by atoms with Crippen molar-refractivity contribution in [3.63, 3.8) is 0 Å². The van der Waals surface area contributed by atoms with Gasteiger partial charge in [-0.25, -0.2) is 4.39 Å². The predicted octanol–water partition coefficient (Wildman–Crippen LogP) is 3.09. The molecular formula is C17H19FN2O2. The molecule has 0 atom stereocenters. The molecule has 3 N–H and O–H groups in total. The zero-order valence-electron chi connectivity index (χ0n) is 12.2. The van der Waals surface area contributed by atoms with Crippen LogP contribution < -0.4 is 11.1 Å². The van der Waals surface area contributed by atoms with Gasteiger partial charge in [0.25, 0.3) is 5.91 Å². The minimum atomic E-state index is -0.370. The number of carbonyl (C=O) groups excluding carboxylic acids is 1. The number of amides is 1. The highest BCUT2D eigenvalue weighted by Crippen LogP contribution is 2.25. The lowest BCUT2D eigenvalue weighted by atomic mass is 9.92. The van der Waals surface area contributed by atoms with Gasteiger partial charge < -0.3 is 15.5 Å². The first-order valence-corrected chi connectivity index (χ1v) is 7.54. The first-order valence-electron chi connectivity index (χ1n) is 7.54. The third-order valence-electron chi connectivity index (χ3n) is 4.08. The molecule has 1 saturated carbocycles. The van der Waals surface area contributed by atoms with Crippen molar-refractivity contribution < 1.29 is 13.6 Å². The maximum Gasteiger partial charge on any atom is 0.287 e. The standard InChI is InChI=1S/C17H19FN2O2/c18-14-4-2-1-3-13(14)15-9-10-16(22-15)17(21)20-12-7-5-11(19)6-8-12/h1-4,9-12H,5-8,19H2,(H,20,21). The highest BCUT2D eigenvalue weighted by molar-refractivity contribution is 5.92. The monoisotopic (exact) mass is 302 g/mol. The summed E-state index contributed by atoms with van der Waals surface area (Å²) in [5, 5.41) is 2.95. The van der Waals surface area contributed by atoms with E-state index in [1.807, 2.05) is 0 Å². The van der Waals surface area contributed by atoms with Crippen LogP contribution in [-0.4, -0.2) is 18.0 Å². The smallest absolute Gasteiger partial charge is 0.287 e. The molecule has 3 rings (SSSR count). The van der Waals surface area contributed by atoms with Crippen molar-refractivity contribution in [3.05, 3.63) is 48.0 Å². The van der Waals surface area contributed by atoms with Crippen LogP contribution in [0.5, 0.6) is 0 Å². The Morgan fingerprint density at radius 2 is 1.86 bits per heavy atom. The highest BCUT2D eigenvalue weighted by atomic mass is 19.1. The molecule has 1 aromatic heterocycles. The summed E-state index contributed by atoms with van der Waals surface area (Å²) in [5.74, 6) is -0.0739. The molecule has 0 saturated heterocycles. The van der Waals surface area contributed by atoms with E-state index < -0.39 is 0 Å². The fourth-order valence-electron chi connectivity index (χ4n) is 2.79.